The standard InChI is InChI=1S/C20H28N4O2/c1-16-19(22-26-21-16)14-20(25)23(2)18-11-7-13-24(15-18)12-6-10-17-8-4-3-5-9-17/h3-5,8-9,18H,6-7,10-15H2,1-2H3/t18-/m0/s1. The number of aromatic nitrogens is 2. The molecule has 140 valence electrons. The molecule has 1 aliphatic heterocycles. The first kappa shape index (κ1) is 18.6. The molecule has 0 N–H and O–H groups in total. The maximum Gasteiger partial charge on any atom is 0.228 e. The number of likely N-dealkylation sites (N-methyl/N-ethyl adjacent to an activating group) is 1. The summed E-state index contributed by atoms with van der Waals surface area (Å²) in [5.41, 5.74) is 2.72. The second-order valence-electron chi connectivity index (χ2n) is 7.16. The van der Waals surface area contributed by atoms with Crippen LogP contribution in [-0.2, 0) is 17.6 Å². The summed E-state index contributed by atoms with van der Waals surface area (Å²) in [4.78, 5) is 16.9. The summed E-state index contributed by atoms with van der Waals surface area (Å²) in [6.45, 7) is 4.97. The third kappa shape index (κ3) is 4.91. The Balaban J connectivity index is 1.46. The number of rotatable bonds is 7. The fourth-order valence-electron chi connectivity index (χ4n) is 3.58. The molecule has 0 unspecified atom stereocenters. The number of benzene rings is 1. The van der Waals surface area contributed by atoms with Crippen LogP contribution in [0.4, 0.5) is 0 Å². The Kier molecular flexibility index (Phi) is 6.39. The third-order valence-electron chi connectivity index (χ3n) is 5.27. The third-order valence-corrected chi connectivity index (χ3v) is 5.27. The Bertz CT molecular complexity index is 701. The molecule has 26 heavy (non-hydrogen) atoms. The topological polar surface area (TPSA) is 62.5 Å². The lowest BCUT2D eigenvalue weighted by Crippen LogP contribution is -2.49. The summed E-state index contributed by atoms with van der Waals surface area (Å²) in [5, 5.41) is 7.57. The lowest BCUT2D eigenvalue weighted by atomic mass is 10.0. The van der Waals surface area contributed by atoms with E-state index in [-0.39, 0.29) is 18.4 Å². The minimum absolute atomic E-state index is 0.0833. The molecule has 6 nitrogen and oxygen atoms in total. The molecule has 3 rings (SSSR count). The van der Waals surface area contributed by atoms with Crippen LogP contribution >= 0.6 is 0 Å². The van der Waals surface area contributed by atoms with Gasteiger partial charge in [-0.15, -0.1) is 0 Å². The molecule has 1 aliphatic rings. The Morgan fingerprint density at radius 1 is 1.31 bits per heavy atom. The first-order valence-electron chi connectivity index (χ1n) is 9.43. The summed E-state index contributed by atoms with van der Waals surface area (Å²) in [7, 11) is 1.91. The van der Waals surface area contributed by atoms with Gasteiger partial charge in [-0.1, -0.05) is 40.6 Å². The van der Waals surface area contributed by atoms with Gasteiger partial charge in [-0.3, -0.25) is 4.79 Å². The number of hydrogen-bond donors (Lipinski definition) is 0. The van der Waals surface area contributed by atoms with E-state index in [1.807, 2.05) is 18.9 Å². The summed E-state index contributed by atoms with van der Waals surface area (Å²) < 4.78 is 4.69. The van der Waals surface area contributed by atoms with Gasteiger partial charge in [0.1, 0.15) is 11.4 Å². The first-order valence-corrected chi connectivity index (χ1v) is 9.43. The van der Waals surface area contributed by atoms with Crippen LogP contribution in [0.2, 0.25) is 0 Å². The number of carbonyl (C=O) groups is 1. The zero-order valence-electron chi connectivity index (χ0n) is 15.7. The number of aryl methyl sites for hydroxylation is 2. The number of amides is 1. The van der Waals surface area contributed by atoms with Gasteiger partial charge >= 0.3 is 0 Å². The molecular weight excluding hydrogens is 328 g/mol. The summed E-state index contributed by atoms with van der Waals surface area (Å²) >= 11 is 0. The number of piperidine rings is 1. The monoisotopic (exact) mass is 356 g/mol. The molecule has 1 amide bonds. The van der Waals surface area contributed by atoms with Crippen LogP contribution in [0.3, 0.4) is 0 Å². The maximum atomic E-state index is 12.6. The molecule has 2 aromatic rings. The average Bonchev–Trinajstić information content (AvgIpc) is 3.07. The van der Waals surface area contributed by atoms with Crippen LogP contribution in [0, 0.1) is 6.92 Å². The second kappa shape index (κ2) is 8.94. The molecule has 2 heterocycles. The molecule has 0 bridgehead atoms. The molecule has 0 spiro atoms. The number of carbonyl (C=O) groups excluding carboxylic acids is 1. The molecule has 0 saturated carbocycles. The lowest BCUT2D eigenvalue weighted by molar-refractivity contribution is -0.132. The van der Waals surface area contributed by atoms with Crippen molar-refractivity contribution in [1.29, 1.82) is 0 Å². The van der Waals surface area contributed by atoms with E-state index >= 15 is 0 Å². The number of likely N-dealkylation sites (tertiary alicyclic amines) is 1. The Morgan fingerprint density at radius 3 is 2.85 bits per heavy atom. The van der Waals surface area contributed by atoms with E-state index in [0.29, 0.717) is 11.4 Å². The van der Waals surface area contributed by atoms with Gasteiger partial charge in [-0.05, 0) is 51.3 Å². The van der Waals surface area contributed by atoms with Crippen LogP contribution in [0.1, 0.15) is 36.2 Å². The molecule has 6 heteroatoms. The zero-order valence-corrected chi connectivity index (χ0v) is 15.7. The molecule has 1 saturated heterocycles. The molecule has 0 aliphatic carbocycles. The van der Waals surface area contributed by atoms with Crippen LogP contribution < -0.4 is 0 Å². The minimum Gasteiger partial charge on any atom is -0.341 e. The van der Waals surface area contributed by atoms with Gasteiger partial charge in [0.2, 0.25) is 5.91 Å². The molecule has 0 radical (unpaired) electrons. The van der Waals surface area contributed by atoms with Crippen molar-refractivity contribution in [3.63, 3.8) is 0 Å². The highest BCUT2D eigenvalue weighted by Gasteiger charge is 2.26. The second-order valence-corrected chi connectivity index (χ2v) is 7.16. The minimum atomic E-state index is 0.0833. The molecular formula is C20H28N4O2. The van der Waals surface area contributed by atoms with E-state index in [9.17, 15) is 4.79 Å². The predicted octanol–water partition coefficient (Wildman–Crippen LogP) is 2.48. The van der Waals surface area contributed by atoms with Crippen molar-refractivity contribution in [2.45, 2.75) is 45.1 Å². The van der Waals surface area contributed by atoms with Crippen molar-refractivity contribution in [2.24, 2.45) is 0 Å². The Hall–Kier alpha value is -2.21. The van der Waals surface area contributed by atoms with E-state index < -0.39 is 0 Å². The van der Waals surface area contributed by atoms with Crippen molar-refractivity contribution in [2.75, 3.05) is 26.7 Å². The quantitative estimate of drug-likeness (QED) is 0.763. The van der Waals surface area contributed by atoms with Crippen molar-refractivity contribution < 1.29 is 9.42 Å². The summed E-state index contributed by atoms with van der Waals surface area (Å²) in [6, 6.07) is 10.9. The van der Waals surface area contributed by atoms with E-state index in [0.717, 1.165) is 45.3 Å². The van der Waals surface area contributed by atoms with Crippen molar-refractivity contribution >= 4 is 5.91 Å². The van der Waals surface area contributed by atoms with Crippen molar-refractivity contribution in [1.82, 2.24) is 20.1 Å². The highest BCUT2D eigenvalue weighted by Crippen LogP contribution is 2.17. The highest BCUT2D eigenvalue weighted by molar-refractivity contribution is 5.78. The summed E-state index contributed by atoms with van der Waals surface area (Å²) in [6.07, 6.45) is 4.72. The lowest BCUT2D eigenvalue weighted by Gasteiger charge is -2.37. The maximum absolute atomic E-state index is 12.6. The Morgan fingerprint density at radius 2 is 2.12 bits per heavy atom. The smallest absolute Gasteiger partial charge is 0.228 e. The molecule has 1 atom stereocenters. The van der Waals surface area contributed by atoms with E-state index in [2.05, 4.69) is 45.5 Å². The normalized spacial score (nSPS) is 18.0. The van der Waals surface area contributed by atoms with Crippen LogP contribution in [0.25, 0.3) is 0 Å². The SMILES string of the molecule is Cc1nonc1CC(=O)N(C)[C@H]1CCCN(CCCc2ccccc2)C1. The van der Waals surface area contributed by atoms with Crippen molar-refractivity contribution in [3.8, 4) is 0 Å². The largest absolute Gasteiger partial charge is 0.341 e. The van der Waals surface area contributed by atoms with Crippen LogP contribution in [0.15, 0.2) is 35.0 Å². The van der Waals surface area contributed by atoms with Gasteiger partial charge in [0, 0.05) is 19.6 Å². The van der Waals surface area contributed by atoms with Crippen LogP contribution in [0.5, 0.6) is 0 Å². The van der Waals surface area contributed by atoms with Gasteiger partial charge in [-0.25, -0.2) is 4.63 Å². The summed E-state index contributed by atoms with van der Waals surface area (Å²) in [5.74, 6) is 0.0833. The van der Waals surface area contributed by atoms with E-state index in [1.54, 1.807) is 0 Å². The van der Waals surface area contributed by atoms with Crippen molar-refractivity contribution in [3.05, 3.63) is 47.3 Å². The average molecular weight is 356 g/mol. The fourth-order valence-corrected chi connectivity index (χ4v) is 3.58. The molecule has 1 aromatic heterocycles. The van der Waals surface area contributed by atoms with Gasteiger partial charge in [-0.2, -0.15) is 0 Å². The molecule has 1 aromatic carbocycles. The fraction of sp³-hybridized carbons (Fsp3) is 0.550. The van der Waals surface area contributed by atoms with Gasteiger partial charge in [0.25, 0.3) is 0 Å². The highest BCUT2D eigenvalue weighted by atomic mass is 16.6. The number of hydrogen-bond acceptors (Lipinski definition) is 5. The van der Waals surface area contributed by atoms with E-state index in [1.165, 1.54) is 5.56 Å². The first-order chi connectivity index (χ1) is 12.6. The predicted molar refractivity (Wildman–Crippen MR) is 99.7 cm³/mol. The van der Waals surface area contributed by atoms with E-state index in [4.69, 9.17) is 4.63 Å². The molecule has 1 fully saturated rings. The van der Waals surface area contributed by atoms with Gasteiger partial charge < -0.3 is 9.80 Å². The number of nitrogens with zero attached hydrogens (tertiary/aromatic N) is 4. The van der Waals surface area contributed by atoms with Gasteiger partial charge in [0.15, 0.2) is 0 Å². The van der Waals surface area contributed by atoms with Crippen LogP contribution in [-0.4, -0.2) is 58.7 Å². The Labute approximate surface area is 155 Å². The zero-order chi connectivity index (χ0) is 18.4. The van der Waals surface area contributed by atoms with Gasteiger partial charge in [0.05, 0.1) is 6.42 Å².